The maximum Gasteiger partial charge on any atom is 0.191 e. The van der Waals surface area contributed by atoms with Crippen LogP contribution in [0, 0.1) is 0 Å². The first kappa shape index (κ1) is 23.3. The van der Waals surface area contributed by atoms with E-state index >= 15 is 0 Å². The van der Waals surface area contributed by atoms with Crippen LogP contribution in [0.3, 0.4) is 0 Å². The summed E-state index contributed by atoms with van der Waals surface area (Å²) < 4.78 is 5.20. The molecule has 0 spiro atoms. The molecule has 0 aromatic heterocycles. The summed E-state index contributed by atoms with van der Waals surface area (Å²) in [7, 11) is 1.70. The van der Waals surface area contributed by atoms with Gasteiger partial charge in [0, 0.05) is 19.1 Å². The van der Waals surface area contributed by atoms with Crippen LogP contribution in [-0.2, 0) is 6.42 Å². The zero-order valence-corrected chi connectivity index (χ0v) is 18.1. The Hall–Kier alpha value is -1.75. The van der Waals surface area contributed by atoms with Gasteiger partial charge in [0.1, 0.15) is 5.75 Å². The summed E-state index contributed by atoms with van der Waals surface area (Å²) >= 11 is 0. The number of rotatable bonds is 13. The van der Waals surface area contributed by atoms with Crippen molar-refractivity contribution in [2.45, 2.75) is 59.4 Å². The molecule has 0 bridgehead atoms. The van der Waals surface area contributed by atoms with Crippen molar-refractivity contribution in [2.75, 3.05) is 39.8 Å². The van der Waals surface area contributed by atoms with Crippen LogP contribution in [-0.4, -0.2) is 56.7 Å². The minimum absolute atomic E-state index is 0.431. The van der Waals surface area contributed by atoms with Gasteiger partial charge in [0.15, 0.2) is 5.96 Å². The predicted molar refractivity (Wildman–Crippen MR) is 117 cm³/mol. The van der Waals surface area contributed by atoms with E-state index in [2.05, 4.69) is 55.4 Å². The molecule has 0 heterocycles. The van der Waals surface area contributed by atoms with Crippen molar-refractivity contribution in [3.63, 3.8) is 0 Å². The Kier molecular flexibility index (Phi) is 12.4. The van der Waals surface area contributed by atoms with E-state index in [9.17, 15) is 0 Å². The average molecular weight is 377 g/mol. The Balaban J connectivity index is 2.35. The van der Waals surface area contributed by atoms with Crippen molar-refractivity contribution < 1.29 is 4.74 Å². The zero-order valence-electron chi connectivity index (χ0n) is 18.1. The quantitative estimate of drug-likeness (QED) is 0.313. The van der Waals surface area contributed by atoms with Gasteiger partial charge < -0.3 is 20.3 Å². The van der Waals surface area contributed by atoms with Crippen LogP contribution in [0.15, 0.2) is 29.3 Å². The molecular formula is C22H40N4O. The van der Waals surface area contributed by atoms with Gasteiger partial charge in [-0.05, 0) is 76.9 Å². The van der Waals surface area contributed by atoms with E-state index in [4.69, 9.17) is 9.73 Å². The number of guanidine groups is 1. The maximum absolute atomic E-state index is 5.20. The van der Waals surface area contributed by atoms with Crippen LogP contribution in [0.1, 0.15) is 52.5 Å². The van der Waals surface area contributed by atoms with Gasteiger partial charge in [-0.15, -0.1) is 0 Å². The molecule has 1 rings (SSSR count). The molecule has 0 aliphatic rings. The highest BCUT2D eigenvalue weighted by Crippen LogP contribution is 2.12. The molecule has 0 saturated heterocycles. The van der Waals surface area contributed by atoms with Crippen LogP contribution < -0.4 is 15.4 Å². The molecule has 0 radical (unpaired) electrons. The monoisotopic (exact) mass is 376 g/mol. The highest BCUT2D eigenvalue weighted by Gasteiger charge is 2.06. The molecule has 0 fully saturated rings. The molecule has 1 atom stereocenters. The van der Waals surface area contributed by atoms with Gasteiger partial charge in [0.2, 0.25) is 0 Å². The Morgan fingerprint density at radius 1 is 1.11 bits per heavy atom. The van der Waals surface area contributed by atoms with Crippen molar-refractivity contribution in [3.05, 3.63) is 29.8 Å². The highest BCUT2D eigenvalue weighted by atomic mass is 16.5. The number of methoxy groups -OCH3 is 1. The van der Waals surface area contributed by atoms with E-state index in [1.807, 2.05) is 12.1 Å². The van der Waals surface area contributed by atoms with E-state index in [-0.39, 0.29) is 0 Å². The second kappa shape index (κ2) is 14.3. The number of aryl methyl sites for hydroxylation is 1. The van der Waals surface area contributed by atoms with Crippen molar-refractivity contribution in [1.29, 1.82) is 0 Å². The SMILES string of the molecule is CCNC(=NCCCc1ccc(OC)cc1)NC(C)CCCN(CC)CC. The van der Waals surface area contributed by atoms with Gasteiger partial charge >= 0.3 is 0 Å². The van der Waals surface area contributed by atoms with Crippen LogP contribution in [0.4, 0.5) is 0 Å². The molecule has 0 aliphatic carbocycles. The van der Waals surface area contributed by atoms with Gasteiger partial charge in [-0.3, -0.25) is 4.99 Å². The predicted octanol–water partition coefficient (Wildman–Crippen LogP) is 3.69. The van der Waals surface area contributed by atoms with Gasteiger partial charge in [0.05, 0.1) is 7.11 Å². The average Bonchev–Trinajstić information content (AvgIpc) is 2.69. The van der Waals surface area contributed by atoms with E-state index in [1.54, 1.807) is 7.11 Å². The standard InChI is InChI=1S/C22H40N4O/c1-6-23-22(25-19(4)11-10-18-26(7-2)8-3)24-17-9-12-20-13-15-21(27-5)16-14-20/h13-16,19H,6-12,17-18H2,1-5H3,(H2,23,24,25). The molecule has 27 heavy (non-hydrogen) atoms. The van der Waals surface area contributed by atoms with E-state index < -0.39 is 0 Å². The lowest BCUT2D eigenvalue weighted by molar-refractivity contribution is 0.292. The lowest BCUT2D eigenvalue weighted by Crippen LogP contribution is -2.42. The molecule has 2 N–H and O–H groups in total. The van der Waals surface area contributed by atoms with Crippen LogP contribution >= 0.6 is 0 Å². The molecule has 0 saturated carbocycles. The summed E-state index contributed by atoms with van der Waals surface area (Å²) in [5, 5.41) is 6.91. The molecule has 154 valence electrons. The van der Waals surface area contributed by atoms with E-state index in [0.717, 1.165) is 57.2 Å². The van der Waals surface area contributed by atoms with Gasteiger partial charge in [-0.25, -0.2) is 0 Å². The molecule has 1 unspecified atom stereocenters. The van der Waals surface area contributed by atoms with Crippen LogP contribution in [0.25, 0.3) is 0 Å². The van der Waals surface area contributed by atoms with Crippen molar-refractivity contribution in [1.82, 2.24) is 15.5 Å². The molecule has 0 aliphatic heterocycles. The zero-order chi connectivity index (χ0) is 19.9. The number of benzene rings is 1. The van der Waals surface area contributed by atoms with E-state index in [1.165, 1.54) is 18.5 Å². The molecular weight excluding hydrogens is 336 g/mol. The Labute approximate surface area is 166 Å². The first-order chi connectivity index (χ1) is 13.1. The smallest absolute Gasteiger partial charge is 0.191 e. The normalized spacial score (nSPS) is 12.9. The Bertz CT molecular complexity index is 512. The second-order valence-electron chi connectivity index (χ2n) is 6.93. The summed E-state index contributed by atoms with van der Waals surface area (Å²) in [5.41, 5.74) is 1.33. The molecule has 1 aromatic rings. The second-order valence-corrected chi connectivity index (χ2v) is 6.93. The van der Waals surface area contributed by atoms with Crippen LogP contribution in [0.5, 0.6) is 5.75 Å². The molecule has 1 aromatic carbocycles. The summed E-state index contributed by atoms with van der Waals surface area (Å²) in [4.78, 5) is 7.21. The fourth-order valence-electron chi connectivity index (χ4n) is 3.05. The van der Waals surface area contributed by atoms with Gasteiger partial charge in [-0.2, -0.15) is 0 Å². The third-order valence-corrected chi connectivity index (χ3v) is 4.79. The number of hydrogen-bond donors (Lipinski definition) is 2. The lowest BCUT2D eigenvalue weighted by atomic mass is 10.1. The summed E-state index contributed by atoms with van der Waals surface area (Å²) in [6, 6.07) is 8.72. The van der Waals surface area contributed by atoms with Crippen LogP contribution in [0.2, 0.25) is 0 Å². The maximum atomic E-state index is 5.20. The number of nitrogens with zero attached hydrogens (tertiary/aromatic N) is 2. The first-order valence-electron chi connectivity index (χ1n) is 10.5. The topological polar surface area (TPSA) is 48.9 Å². The number of ether oxygens (including phenoxy) is 1. The lowest BCUT2D eigenvalue weighted by Gasteiger charge is -2.21. The fourth-order valence-corrected chi connectivity index (χ4v) is 3.05. The summed E-state index contributed by atoms with van der Waals surface area (Å²) in [6.45, 7) is 14.0. The van der Waals surface area contributed by atoms with Crippen molar-refractivity contribution in [3.8, 4) is 5.75 Å². The van der Waals surface area contributed by atoms with Gasteiger partial charge in [-0.1, -0.05) is 26.0 Å². The number of aliphatic imine (C=N–C) groups is 1. The molecule has 5 nitrogen and oxygen atoms in total. The largest absolute Gasteiger partial charge is 0.497 e. The first-order valence-corrected chi connectivity index (χ1v) is 10.5. The third-order valence-electron chi connectivity index (χ3n) is 4.79. The number of hydrogen-bond acceptors (Lipinski definition) is 3. The number of nitrogens with one attached hydrogen (secondary N) is 2. The third kappa shape index (κ3) is 10.2. The Morgan fingerprint density at radius 2 is 1.81 bits per heavy atom. The van der Waals surface area contributed by atoms with Crippen molar-refractivity contribution >= 4 is 5.96 Å². The summed E-state index contributed by atoms with van der Waals surface area (Å²) in [6.07, 6.45) is 4.45. The van der Waals surface area contributed by atoms with E-state index in [0.29, 0.717) is 6.04 Å². The fraction of sp³-hybridized carbons (Fsp3) is 0.682. The van der Waals surface area contributed by atoms with Gasteiger partial charge in [0.25, 0.3) is 0 Å². The minimum Gasteiger partial charge on any atom is -0.497 e. The molecule has 0 amide bonds. The summed E-state index contributed by atoms with van der Waals surface area (Å²) in [5.74, 6) is 1.84. The highest BCUT2D eigenvalue weighted by molar-refractivity contribution is 5.80. The molecule has 5 heteroatoms. The Morgan fingerprint density at radius 3 is 2.41 bits per heavy atom. The minimum atomic E-state index is 0.431. The van der Waals surface area contributed by atoms with Crippen molar-refractivity contribution in [2.24, 2.45) is 4.99 Å².